The van der Waals surface area contributed by atoms with Gasteiger partial charge in [0.2, 0.25) is 0 Å². The van der Waals surface area contributed by atoms with Gasteiger partial charge in [0.25, 0.3) is 0 Å². The Bertz CT molecular complexity index is 339. The number of aromatic nitrogens is 1. The molecule has 0 spiro atoms. The topological polar surface area (TPSA) is 28.2 Å². The standard InChI is InChI=1S/C11H14BrN3/c12-11-2-1-10(5-14-11)15-6-8-3-13-4-9(8)7-15/h1-2,5,8-9,13H,3-4,6-7H2/t8-,9+. The summed E-state index contributed by atoms with van der Waals surface area (Å²) in [5.41, 5.74) is 1.26. The molecule has 0 unspecified atom stereocenters. The Labute approximate surface area is 98.0 Å². The van der Waals surface area contributed by atoms with Crippen molar-refractivity contribution < 1.29 is 0 Å². The largest absolute Gasteiger partial charge is 0.370 e. The van der Waals surface area contributed by atoms with Crippen molar-refractivity contribution in [2.24, 2.45) is 11.8 Å². The van der Waals surface area contributed by atoms with E-state index in [9.17, 15) is 0 Å². The lowest BCUT2D eigenvalue weighted by atomic mass is 10.0. The van der Waals surface area contributed by atoms with Crippen molar-refractivity contribution in [2.75, 3.05) is 31.1 Å². The Morgan fingerprint density at radius 2 is 2.00 bits per heavy atom. The molecule has 2 aliphatic heterocycles. The molecule has 0 aliphatic carbocycles. The van der Waals surface area contributed by atoms with Crippen LogP contribution in [0, 0.1) is 11.8 Å². The van der Waals surface area contributed by atoms with E-state index >= 15 is 0 Å². The first-order valence-corrected chi connectivity index (χ1v) is 6.19. The molecule has 0 radical (unpaired) electrons. The number of hydrogen-bond acceptors (Lipinski definition) is 3. The Hall–Kier alpha value is -0.610. The van der Waals surface area contributed by atoms with Gasteiger partial charge in [-0.3, -0.25) is 0 Å². The van der Waals surface area contributed by atoms with Crippen molar-refractivity contribution >= 4 is 21.6 Å². The van der Waals surface area contributed by atoms with Gasteiger partial charge in [-0.2, -0.15) is 0 Å². The van der Waals surface area contributed by atoms with Crippen LogP contribution in [0.2, 0.25) is 0 Å². The molecule has 0 amide bonds. The number of anilines is 1. The Morgan fingerprint density at radius 3 is 2.60 bits per heavy atom. The number of halogens is 1. The zero-order chi connectivity index (χ0) is 10.3. The fourth-order valence-electron chi connectivity index (χ4n) is 2.62. The SMILES string of the molecule is Brc1ccc(N2C[C@H]3CNC[C@H]3C2)cn1. The van der Waals surface area contributed by atoms with E-state index in [1.54, 1.807) is 0 Å². The third-order valence-corrected chi connectivity index (χ3v) is 3.94. The van der Waals surface area contributed by atoms with Gasteiger partial charge in [-0.1, -0.05) is 0 Å². The van der Waals surface area contributed by atoms with Gasteiger partial charge in [-0.25, -0.2) is 4.98 Å². The molecule has 0 bridgehead atoms. The minimum atomic E-state index is 0.841. The zero-order valence-corrected chi connectivity index (χ0v) is 10.1. The first-order valence-electron chi connectivity index (χ1n) is 5.40. The Morgan fingerprint density at radius 1 is 1.27 bits per heavy atom. The number of fused-ring (bicyclic) bond motifs is 1. The summed E-state index contributed by atoms with van der Waals surface area (Å²) < 4.78 is 0.910. The van der Waals surface area contributed by atoms with Crippen molar-refractivity contribution in [1.82, 2.24) is 10.3 Å². The lowest BCUT2D eigenvalue weighted by molar-refractivity contribution is 0.533. The molecule has 80 valence electrons. The van der Waals surface area contributed by atoms with Crippen LogP contribution in [0.1, 0.15) is 0 Å². The van der Waals surface area contributed by atoms with Gasteiger partial charge in [-0.15, -0.1) is 0 Å². The maximum absolute atomic E-state index is 4.28. The minimum Gasteiger partial charge on any atom is -0.370 e. The predicted molar refractivity (Wildman–Crippen MR) is 64.0 cm³/mol. The molecule has 3 rings (SSSR count). The van der Waals surface area contributed by atoms with Gasteiger partial charge in [0.1, 0.15) is 4.60 Å². The molecule has 2 saturated heterocycles. The van der Waals surface area contributed by atoms with Gasteiger partial charge in [0, 0.05) is 26.2 Å². The van der Waals surface area contributed by atoms with Crippen molar-refractivity contribution in [3.05, 3.63) is 22.9 Å². The average Bonchev–Trinajstić information content (AvgIpc) is 2.78. The summed E-state index contributed by atoms with van der Waals surface area (Å²) in [6, 6.07) is 4.16. The first-order chi connectivity index (χ1) is 7.33. The molecule has 0 aromatic carbocycles. The maximum atomic E-state index is 4.28. The van der Waals surface area contributed by atoms with Crippen LogP contribution in [0.5, 0.6) is 0 Å². The Kier molecular flexibility index (Phi) is 2.41. The molecule has 15 heavy (non-hydrogen) atoms. The number of nitrogens with one attached hydrogen (secondary N) is 1. The second kappa shape index (κ2) is 3.76. The molecule has 3 heterocycles. The normalized spacial score (nSPS) is 29.5. The lowest BCUT2D eigenvalue weighted by Crippen LogP contribution is -2.25. The molecule has 1 aromatic rings. The second-order valence-electron chi connectivity index (χ2n) is 4.42. The van der Waals surface area contributed by atoms with Crippen molar-refractivity contribution in [2.45, 2.75) is 0 Å². The molecule has 3 nitrogen and oxygen atoms in total. The average molecular weight is 268 g/mol. The van der Waals surface area contributed by atoms with E-state index in [1.165, 1.54) is 31.9 Å². The van der Waals surface area contributed by atoms with Crippen LogP contribution in [0.15, 0.2) is 22.9 Å². The summed E-state index contributed by atoms with van der Waals surface area (Å²) in [4.78, 5) is 6.73. The van der Waals surface area contributed by atoms with Crippen LogP contribution in [0.4, 0.5) is 5.69 Å². The molecule has 2 aliphatic rings. The van der Waals surface area contributed by atoms with Crippen molar-refractivity contribution in [3.8, 4) is 0 Å². The summed E-state index contributed by atoms with van der Waals surface area (Å²) in [6.07, 6.45) is 1.96. The number of pyridine rings is 1. The number of hydrogen-bond donors (Lipinski definition) is 1. The highest BCUT2D eigenvalue weighted by molar-refractivity contribution is 9.10. The zero-order valence-electron chi connectivity index (χ0n) is 8.49. The molecular formula is C11H14BrN3. The van der Waals surface area contributed by atoms with Crippen LogP contribution in [0.3, 0.4) is 0 Å². The van der Waals surface area contributed by atoms with E-state index in [2.05, 4.69) is 37.2 Å². The minimum absolute atomic E-state index is 0.841. The first kappa shape index (κ1) is 9.60. The van der Waals surface area contributed by atoms with Gasteiger partial charge >= 0.3 is 0 Å². The second-order valence-corrected chi connectivity index (χ2v) is 5.23. The highest BCUT2D eigenvalue weighted by Crippen LogP contribution is 2.30. The van der Waals surface area contributed by atoms with Crippen LogP contribution in [-0.4, -0.2) is 31.2 Å². The Balaban J connectivity index is 1.76. The van der Waals surface area contributed by atoms with Crippen molar-refractivity contribution in [3.63, 3.8) is 0 Å². The van der Waals surface area contributed by atoms with E-state index in [0.717, 1.165) is 16.4 Å². The van der Waals surface area contributed by atoms with E-state index < -0.39 is 0 Å². The smallest absolute Gasteiger partial charge is 0.106 e. The van der Waals surface area contributed by atoms with E-state index in [-0.39, 0.29) is 0 Å². The fourth-order valence-corrected chi connectivity index (χ4v) is 2.86. The lowest BCUT2D eigenvalue weighted by Gasteiger charge is -2.19. The molecule has 2 atom stereocenters. The van der Waals surface area contributed by atoms with Crippen molar-refractivity contribution in [1.29, 1.82) is 0 Å². The highest BCUT2D eigenvalue weighted by atomic mass is 79.9. The monoisotopic (exact) mass is 267 g/mol. The fraction of sp³-hybridized carbons (Fsp3) is 0.545. The van der Waals surface area contributed by atoms with E-state index in [1.807, 2.05) is 12.3 Å². The third-order valence-electron chi connectivity index (χ3n) is 3.47. The summed E-state index contributed by atoms with van der Waals surface area (Å²) in [5.74, 6) is 1.68. The van der Waals surface area contributed by atoms with Crippen LogP contribution in [0.25, 0.3) is 0 Å². The molecule has 1 N–H and O–H groups in total. The number of nitrogens with zero attached hydrogens (tertiary/aromatic N) is 2. The van der Waals surface area contributed by atoms with E-state index in [0.29, 0.717) is 0 Å². The maximum Gasteiger partial charge on any atom is 0.106 e. The van der Waals surface area contributed by atoms with Gasteiger partial charge < -0.3 is 10.2 Å². The highest BCUT2D eigenvalue weighted by Gasteiger charge is 2.36. The summed E-state index contributed by atoms with van der Waals surface area (Å²) >= 11 is 3.36. The van der Waals surface area contributed by atoms with Crippen LogP contribution < -0.4 is 10.2 Å². The number of rotatable bonds is 1. The van der Waals surface area contributed by atoms with Gasteiger partial charge in [-0.05, 0) is 39.9 Å². The van der Waals surface area contributed by atoms with Gasteiger partial charge in [0.05, 0.1) is 11.9 Å². The predicted octanol–water partition coefficient (Wildman–Crippen LogP) is 1.50. The quantitative estimate of drug-likeness (QED) is 0.782. The van der Waals surface area contributed by atoms with Crippen LogP contribution >= 0.6 is 15.9 Å². The molecular weight excluding hydrogens is 254 g/mol. The van der Waals surface area contributed by atoms with E-state index in [4.69, 9.17) is 0 Å². The molecule has 2 fully saturated rings. The third kappa shape index (κ3) is 1.76. The molecule has 1 aromatic heterocycles. The van der Waals surface area contributed by atoms with Gasteiger partial charge in [0.15, 0.2) is 0 Å². The van der Waals surface area contributed by atoms with Crippen LogP contribution in [-0.2, 0) is 0 Å². The molecule has 4 heteroatoms. The summed E-state index contributed by atoms with van der Waals surface area (Å²) in [6.45, 7) is 4.73. The summed E-state index contributed by atoms with van der Waals surface area (Å²) in [5, 5.41) is 3.46. The summed E-state index contributed by atoms with van der Waals surface area (Å²) in [7, 11) is 0. The molecule has 0 saturated carbocycles.